The lowest BCUT2D eigenvalue weighted by Crippen LogP contribution is -2.50. The van der Waals surface area contributed by atoms with Crippen molar-refractivity contribution in [2.75, 3.05) is 31.3 Å². The van der Waals surface area contributed by atoms with E-state index in [-0.39, 0.29) is 11.9 Å². The number of hydrogen-bond acceptors (Lipinski definition) is 4. The van der Waals surface area contributed by atoms with E-state index in [9.17, 15) is 4.79 Å². The van der Waals surface area contributed by atoms with E-state index in [1.807, 2.05) is 11.8 Å². The molecule has 1 amide bonds. The largest absolute Gasteiger partial charge is 0.377 e. The monoisotopic (exact) mass is 216 g/mol. The quantitative estimate of drug-likeness (QED) is 0.674. The summed E-state index contributed by atoms with van der Waals surface area (Å²) >= 11 is 1.92. The second-order valence-electron chi connectivity index (χ2n) is 3.73. The van der Waals surface area contributed by atoms with Gasteiger partial charge in [0.05, 0.1) is 19.3 Å². The molecule has 4 nitrogen and oxygen atoms in total. The van der Waals surface area contributed by atoms with Gasteiger partial charge in [0, 0.05) is 30.5 Å². The minimum Gasteiger partial charge on any atom is -0.377 e. The van der Waals surface area contributed by atoms with Crippen molar-refractivity contribution in [3.8, 4) is 0 Å². The molecule has 2 N–H and O–H groups in total. The van der Waals surface area contributed by atoms with Gasteiger partial charge in [0.1, 0.15) is 0 Å². The maximum Gasteiger partial charge on any atom is 0.221 e. The maximum atomic E-state index is 11.5. The van der Waals surface area contributed by atoms with Crippen molar-refractivity contribution in [2.24, 2.45) is 0 Å². The Labute approximate surface area is 88.1 Å². The lowest BCUT2D eigenvalue weighted by Gasteiger charge is -2.28. The van der Waals surface area contributed by atoms with Crippen LogP contribution < -0.4 is 10.6 Å². The molecule has 0 radical (unpaired) electrons. The molecule has 0 bridgehead atoms. The molecule has 2 aliphatic rings. The molecule has 2 fully saturated rings. The van der Waals surface area contributed by atoms with Gasteiger partial charge in [-0.25, -0.2) is 0 Å². The zero-order valence-electron chi connectivity index (χ0n) is 8.12. The third kappa shape index (κ3) is 2.87. The van der Waals surface area contributed by atoms with Crippen LogP contribution in [0, 0.1) is 0 Å². The predicted molar refractivity (Wildman–Crippen MR) is 56.5 cm³/mol. The van der Waals surface area contributed by atoms with Crippen LogP contribution in [0.3, 0.4) is 0 Å². The normalized spacial score (nSPS) is 28.1. The van der Waals surface area contributed by atoms with Crippen LogP contribution in [0.4, 0.5) is 0 Å². The van der Waals surface area contributed by atoms with Gasteiger partial charge in [-0.05, 0) is 0 Å². The van der Waals surface area contributed by atoms with Crippen LogP contribution in [-0.2, 0) is 9.53 Å². The zero-order chi connectivity index (χ0) is 9.80. The van der Waals surface area contributed by atoms with E-state index < -0.39 is 0 Å². The molecule has 2 heterocycles. The Morgan fingerprint density at radius 2 is 2.43 bits per heavy atom. The van der Waals surface area contributed by atoms with Crippen LogP contribution in [0.5, 0.6) is 0 Å². The summed E-state index contributed by atoms with van der Waals surface area (Å²) in [6.45, 7) is 2.38. The first kappa shape index (κ1) is 10.3. The van der Waals surface area contributed by atoms with Crippen molar-refractivity contribution < 1.29 is 9.53 Å². The molecule has 2 saturated heterocycles. The average molecular weight is 216 g/mol. The minimum atomic E-state index is 0.151. The number of ether oxygens (including phenoxy) is 1. The van der Waals surface area contributed by atoms with E-state index in [1.165, 1.54) is 0 Å². The summed E-state index contributed by atoms with van der Waals surface area (Å²) in [6, 6.07) is 0.619. The van der Waals surface area contributed by atoms with Gasteiger partial charge in [0.2, 0.25) is 5.91 Å². The number of rotatable bonds is 3. The van der Waals surface area contributed by atoms with E-state index in [4.69, 9.17) is 4.74 Å². The number of nitrogens with one attached hydrogen (secondary N) is 2. The van der Waals surface area contributed by atoms with E-state index >= 15 is 0 Å². The first-order valence-corrected chi connectivity index (χ1v) is 6.18. The number of hydrogen-bond donors (Lipinski definition) is 2. The summed E-state index contributed by atoms with van der Waals surface area (Å²) in [5.41, 5.74) is 0. The van der Waals surface area contributed by atoms with Crippen LogP contribution in [0.15, 0.2) is 0 Å². The van der Waals surface area contributed by atoms with E-state index in [0.717, 1.165) is 18.1 Å². The molecule has 1 atom stereocenters. The Morgan fingerprint density at radius 3 is 3.00 bits per heavy atom. The lowest BCUT2D eigenvalue weighted by molar-refractivity contribution is -0.125. The zero-order valence-corrected chi connectivity index (χ0v) is 8.94. The van der Waals surface area contributed by atoms with Gasteiger partial charge in [0.25, 0.3) is 0 Å². The highest BCUT2D eigenvalue weighted by Crippen LogP contribution is 2.10. The second kappa shape index (κ2) is 5.00. The molecule has 0 saturated carbocycles. The Hall–Kier alpha value is -0.260. The number of thioether (sulfide) groups is 1. The fourth-order valence-corrected chi connectivity index (χ4v) is 2.53. The molecule has 5 heteroatoms. The number of amides is 1. The van der Waals surface area contributed by atoms with E-state index in [2.05, 4.69) is 10.6 Å². The smallest absolute Gasteiger partial charge is 0.221 e. The van der Waals surface area contributed by atoms with Gasteiger partial charge in [-0.3, -0.25) is 4.79 Å². The number of carbonyl (C=O) groups is 1. The summed E-state index contributed by atoms with van der Waals surface area (Å²) < 4.78 is 4.99. The highest BCUT2D eigenvalue weighted by Gasteiger charge is 2.22. The first-order valence-electron chi connectivity index (χ1n) is 5.03. The molecule has 14 heavy (non-hydrogen) atoms. The van der Waals surface area contributed by atoms with Crippen LogP contribution in [0.2, 0.25) is 0 Å². The third-order valence-corrected chi connectivity index (χ3v) is 3.56. The van der Waals surface area contributed by atoms with Crippen LogP contribution in [0.1, 0.15) is 6.42 Å². The molecular formula is C9H16N2O2S. The molecule has 2 aliphatic heterocycles. The SMILES string of the molecule is O=C(CC1CSCCN1)NC1COC1. The van der Waals surface area contributed by atoms with Crippen LogP contribution in [0.25, 0.3) is 0 Å². The molecule has 0 aliphatic carbocycles. The summed E-state index contributed by atoms with van der Waals surface area (Å²) in [6.07, 6.45) is 0.601. The third-order valence-electron chi connectivity index (χ3n) is 2.43. The molecule has 0 aromatic heterocycles. The van der Waals surface area contributed by atoms with Crippen molar-refractivity contribution in [1.29, 1.82) is 0 Å². The molecular weight excluding hydrogens is 200 g/mol. The van der Waals surface area contributed by atoms with Gasteiger partial charge in [0.15, 0.2) is 0 Å². The summed E-state index contributed by atoms with van der Waals surface area (Å²) in [5.74, 6) is 2.36. The maximum absolute atomic E-state index is 11.5. The molecule has 0 aromatic rings. The fraction of sp³-hybridized carbons (Fsp3) is 0.889. The lowest BCUT2D eigenvalue weighted by atomic mass is 10.2. The van der Waals surface area contributed by atoms with Crippen molar-refractivity contribution in [3.63, 3.8) is 0 Å². The summed E-state index contributed by atoms with van der Waals surface area (Å²) in [7, 11) is 0. The van der Waals surface area contributed by atoms with Crippen molar-refractivity contribution in [3.05, 3.63) is 0 Å². The molecule has 2 rings (SSSR count). The predicted octanol–water partition coefficient (Wildman–Crippen LogP) is -0.403. The van der Waals surface area contributed by atoms with Crippen LogP contribution >= 0.6 is 11.8 Å². The van der Waals surface area contributed by atoms with E-state index in [0.29, 0.717) is 25.7 Å². The van der Waals surface area contributed by atoms with Crippen molar-refractivity contribution in [1.82, 2.24) is 10.6 Å². The van der Waals surface area contributed by atoms with E-state index in [1.54, 1.807) is 0 Å². The summed E-state index contributed by atoms with van der Waals surface area (Å²) in [4.78, 5) is 11.5. The molecule has 0 spiro atoms. The van der Waals surface area contributed by atoms with Gasteiger partial charge in [-0.15, -0.1) is 0 Å². The van der Waals surface area contributed by atoms with Gasteiger partial charge < -0.3 is 15.4 Å². The standard InChI is InChI=1S/C9H16N2O2S/c12-9(11-8-4-13-5-8)3-7-6-14-2-1-10-7/h7-8,10H,1-6H2,(H,11,12). The highest BCUT2D eigenvalue weighted by atomic mass is 32.2. The molecule has 0 aromatic carbocycles. The van der Waals surface area contributed by atoms with Crippen LogP contribution in [-0.4, -0.2) is 49.3 Å². The Morgan fingerprint density at radius 1 is 1.57 bits per heavy atom. The van der Waals surface area contributed by atoms with Gasteiger partial charge >= 0.3 is 0 Å². The van der Waals surface area contributed by atoms with Crippen molar-refractivity contribution >= 4 is 17.7 Å². The minimum absolute atomic E-state index is 0.151. The Kier molecular flexibility index (Phi) is 3.67. The molecule has 1 unspecified atom stereocenters. The first-order chi connectivity index (χ1) is 6.84. The highest BCUT2D eigenvalue weighted by molar-refractivity contribution is 7.99. The second-order valence-corrected chi connectivity index (χ2v) is 4.88. The number of carbonyl (C=O) groups excluding carboxylic acids is 1. The van der Waals surface area contributed by atoms with Crippen molar-refractivity contribution in [2.45, 2.75) is 18.5 Å². The Balaban J connectivity index is 1.64. The van der Waals surface area contributed by atoms with Gasteiger partial charge in [-0.1, -0.05) is 0 Å². The summed E-state index contributed by atoms with van der Waals surface area (Å²) in [5, 5.41) is 6.30. The topological polar surface area (TPSA) is 50.4 Å². The van der Waals surface area contributed by atoms with Gasteiger partial charge in [-0.2, -0.15) is 11.8 Å². The Bertz CT molecular complexity index is 203. The fourth-order valence-electron chi connectivity index (χ4n) is 1.58. The average Bonchev–Trinajstić information content (AvgIpc) is 2.13. The molecule has 80 valence electrons.